The fourth-order valence-electron chi connectivity index (χ4n) is 3.60. The first-order chi connectivity index (χ1) is 14.2. The number of aromatic nitrogens is 3. The zero-order valence-corrected chi connectivity index (χ0v) is 16.5. The molecule has 4 N–H and O–H groups in total. The first-order valence-electron chi connectivity index (χ1n) is 9.95. The van der Waals surface area contributed by atoms with Crippen molar-refractivity contribution in [1.82, 2.24) is 15.0 Å². The number of ether oxygens (including phenoxy) is 1. The zero-order valence-electron chi connectivity index (χ0n) is 16.5. The van der Waals surface area contributed by atoms with Crippen molar-refractivity contribution in [3.63, 3.8) is 0 Å². The molecule has 0 aliphatic heterocycles. The molecular weight excluding hydrogens is 364 g/mol. The number of pyridine rings is 1. The van der Waals surface area contributed by atoms with Crippen molar-refractivity contribution >= 4 is 17.5 Å². The minimum absolute atomic E-state index is 0.149. The van der Waals surface area contributed by atoms with Gasteiger partial charge in [0.05, 0.1) is 12.8 Å². The van der Waals surface area contributed by atoms with Gasteiger partial charge in [0.2, 0.25) is 11.8 Å². The number of methoxy groups -OCH3 is 1. The van der Waals surface area contributed by atoms with Crippen molar-refractivity contribution < 1.29 is 4.74 Å². The first kappa shape index (κ1) is 19.1. The molecule has 0 unspecified atom stereocenters. The Hall–Kier alpha value is -3.19. The molecule has 1 aliphatic carbocycles. The molecule has 4 rings (SSSR count). The second-order valence-corrected chi connectivity index (χ2v) is 7.24. The lowest BCUT2D eigenvalue weighted by Crippen LogP contribution is -2.42. The van der Waals surface area contributed by atoms with Gasteiger partial charge in [0.1, 0.15) is 5.82 Å². The van der Waals surface area contributed by atoms with E-state index in [-0.39, 0.29) is 12.1 Å². The van der Waals surface area contributed by atoms with Gasteiger partial charge in [-0.3, -0.25) is 0 Å². The third-order valence-electron chi connectivity index (χ3n) is 5.15. The first-order valence-corrected chi connectivity index (χ1v) is 9.95. The van der Waals surface area contributed by atoms with Crippen molar-refractivity contribution in [2.45, 2.75) is 37.8 Å². The van der Waals surface area contributed by atoms with Crippen LogP contribution in [0.25, 0.3) is 11.3 Å². The molecule has 150 valence electrons. The van der Waals surface area contributed by atoms with Gasteiger partial charge in [-0.1, -0.05) is 31.0 Å². The van der Waals surface area contributed by atoms with Crippen LogP contribution in [0.5, 0.6) is 5.88 Å². The second kappa shape index (κ2) is 8.87. The third-order valence-corrected chi connectivity index (χ3v) is 5.15. The summed E-state index contributed by atoms with van der Waals surface area (Å²) in [6, 6.07) is 16.0. The summed E-state index contributed by atoms with van der Waals surface area (Å²) in [6.45, 7) is 0. The second-order valence-electron chi connectivity index (χ2n) is 7.24. The summed E-state index contributed by atoms with van der Waals surface area (Å²) in [5.41, 5.74) is 9.00. The number of benzene rings is 1. The van der Waals surface area contributed by atoms with Gasteiger partial charge < -0.3 is 21.1 Å². The van der Waals surface area contributed by atoms with Crippen LogP contribution in [-0.4, -0.2) is 34.1 Å². The Kier molecular flexibility index (Phi) is 5.86. The van der Waals surface area contributed by atoms with Crippen LogP contribution in [0.2, 0.25) is 0 Å². The quantitative estimate of drug-likeness (QED) is 0.586. The molecule has 2 atom stereocenters. The van der Waals surface area contributed by atoms with E-state index in [2.05, 4.69) is 25.6 Å². The van der Waals surface area contributed by atoms with E-state index < -0.39 is 0 Å². The normalized spacial score (nSPS) is 18.8. The van der Waals surface area contributed by atoms with Crippen molar-refractivity contribution in [3.8, 4) is 17.1 Å². The van der Waals surface area contributed by atoms with Crippen LogP contribution in [0.3, 0.4) is 0 Å². The molecule has 0 bridgehead atoms. The number of hydrogen-bond acceptors (Lipinski definition) is 7. The maximum absolute atomic E-state index is 6.23. The average molecular weight is 390 g/mol. The number of rotatable bonds is 6. The lowest BCUT2D eigenvalue weighted by molar-refractivity contribution is 0.398. The maximum atomic E-state index is 6.23. The molecule has 7 nitrogen and oxygen atoms in total. The Balaban J connectivity index is 1.49. The summed E-state index contributed by atoms with van der Waals surface area (Å²) >= 11 is 0. The molecular formula is C22H26N6O. The van der Waals surface area contributed by atoms with E-state index in [1.807, 2.05) is 48.5 Å². The Morgan fingerprint density at radius 1 is 1.03 bits per heavy atom. The van der Waals surface area contributed by atoms with E-state index in [0.29, 0.717) is 11.8 Å². The van der Waals surface area contributed by atoms with E-state index in [1.165, 1.54) is 12.8 Å². The number of nitrogens with zero attached hydrogens (tertiary/aromatic N) is 3. The third kappa shape index (κ3) is 4.81. The number of nitrogens with two attached hydrogens (primary N) is 1. The lowest BCUT2D eigenvalue weighted by Gasteiger charge is -2.29. The predicted molar refractivity (Wildman–Crippen MR) is 115 cm³/mol. The fourth-order valence-corrected chi connectivity index (χ4v) is 3.60. The van der Waals surface area contributed by atoms with Gasteiger partial charge in [-0.15, -0.1) is 0 Å². The van der Waals surface area contributed by atoms with Gasteiger partial charge in [0, 0.05) is 35.6 Å². The van der Waals surface area contributed by atoms with E-state index in [0.717, 1.165) is 35.6 Å². The minimum Gasteiger partial charge on any atom is -0.481 e. The van der Waals surface area contributed by atoms with Gasteiger partial charge in [-0.2, -0.15) is 4.98 Å². The highest BCUT2D eigenvalue weighted by Crippen LogP contribution is 2.25. The van der Waals surface area contributed by atoms with Crippen LogP contribution in [0.4, 0.5) is 17.5 Å². The largest absolute Gasteiger partial charge is 0.481 e. The smallest absolute Gasteiger partial charge is 0.224 e. The highest BCUT2D eigenvalue weighted by molar-refractivity contribution is 5.68. The Bertz CT molecular complexity index is 963. The topological polar surface area (TPSA) is 98.0 Å². The molecule has 1 aliphatic rings. The maximum Gasteiger partial charge on any atom is 0.224 e. The molecule has 1 fully saturated rings. The standard InChI is InChI=1S/C22H26N6O/c1-29-21-11-5-10-18(26-21)15-6-4-7-16(14-15)25-20-12-13-24-22(28-20)27-19-9-3-2-8-17(19)23/h4-7,10-14,17,19H,2-3,8-9,23H2,1H3,(H2,24,25,27,28)/t17-,19+/m0/s1. The highest BCUT2D eigenvalue weighted by Gasteiger charge is 2.22. The van der Waals surface area contributed by atoms with Gasteiger partial charge in [0.25, 0.3) is 0 Å². The molecule has 2 heterocycles. The predicted octanol–water partition coefficient (Wildman–Crippen LogP) is 3.97. The molecule has 0 saturated heterocycles. The van der Waals surface area contributed by atoms with Crippen LogP contribution >= 0.6 is 0 Å². The molecule has 1 saturated carbocycles. The Morgan fingerprint density at radius 3 is 2.76 bits per heavy atom. The van der Waals surface area contributed by atoms with Crippen LogP contribution < -0.4 is 21.1 Å². The van der Waals surface area contributed by atoms with Crippen LogP contribution in [0.15, 0.2) is 54.7 Å². The number of hydrogen-bond donors (Lipinski definition) is 3. The highest BCUT2D eigenvalue weighted by atomic mass is 16.5. The van der Waals surface area contributed by atoms with Crippen molar-refractivity contribution in [2.24, 2.45) is 5.73 Å². The summed E-state index contributed by atoms with van der Waals surface area (Å²) in [4.78, 5) is 13.5. The van der Waals surface area contributed by atoms with Gasteiger partial charge >= 0.3 is 0 Å². The molecule has 29 heavy (non-hydrogen) atoms. The Labute approximate surface area is 170 Å². The molecule has 1 aromatic carbocycles. The fraction of sp³-hybridized carbons (Fsp3) is 0.318. The summed E-state index contributed by atoms with van der Waals surface area (Å²) < 4.78 is 5.23. The van der Waals surface area contributed by atoms with Crippen LogP contribution in [-0.2, 0) is 0 Å². The summed E-state index contributed by atoms with van der Waals surface area (Å²) in [5.74, 6) is 1.92. The lowest BCUT2D eigenvalue weighted by atomic mass is 9.91. The molecule has 0 amide bonds. The number of nitrogens with one attached hydrogen (secondary N) is 2. The Morgan fingerprint density at radius 2 is 1.90 bits per heavy atom. The van der Waals surface area contributed by atoms with Crippen molar-refractivity contribution in [3.05, 3.63) is 54.7 Å². The van der Waals surface area contributed by atoms with Crippen molar-refractivity contribution in [1.29, 1.82) is 0 Å². The average Bonchev–Trinajstić information content (AvgIpc) is 2.76. The van der Waals surface area contributed by atoms with E-state index in [1.54, 1.807) is 13.3 Å². The molecule has 7 heteroatoms. The van der Waals surface area contributed by atoms with Gasteiger partial charge in [-0.25, -0.2) is 9.97 Å². The van der Waals surface area contributed by atoms with Gasteiger partial charge in [-0.05, 0) is 37.1 Å². The van der Waals surface area contributed by atoms with Crippen LogP contribution in [0, 0.1) is 0 Å². The van der Waals surface area contributed by atoms with Crippen LogP contribution in [0.1, 0.15) is 25.7 Å². The molecule has 3 aromatic rings. The molecule has 2 aromatic heterocycles. The van der Waals surface area contributed by atoms with Gasteiger partial charge in [0.15, 0.2) is 0 Å². The summed E-state index contributed by atoms with van der Waals surface area (Å²) in [5, 5.41) is 6.75. The SMILES string of the molecule is COc1cccc(-c2cccc(Nc3ccnc(N[C@@H]4CCCC[C@@H]4N)n3)c2)n1. The summed E-state index contributed by atoms with van der Waals surface area (Å²) in [6.07, 6.45) is 6.23. The molecule has 0 spiro atoms. The van der Waals surface area contributed by atoms with E-state index >= 15 is 0 Å². The zero-order chi connectivity index (χ0) is 20.1. The number of anilines is 3. The monoisotopic (exact) mass is 390 g/mol. The van der Waals surface area contributed by atoms with E-state index in [4.69, 9.17) is 10.5 Å². The molecule has 0 radical (unpaired) electrons. The van der Waals surface area contributed by atoms with E-state index in [9.17, 15) is 0 Å². The minimum atomic E-state index is 0.149. The van der Waals surface area contributed by atoms with Crippen molar-refractivity contribution in [2.75, 3.05) is 17.7 Å². The summed E-state index contributed by atoms with van der Waals surface area (Å²) in [7, 11) is 1.62.